The number of para-hydroxylation sites is 1. The van der Waals surface area contributed by atoms with Gasteiger partial charge in [0, 0.05) is 6.04 Å². The van der Waals surface area contributed by atoms with Crippen LogP contribution < -0.4 is 10.5 Å². The minimum Gasteiger partial charge on any atom is -0.495 e. The lowest BCUT2D eigenvalue weighted by atomic mass is 9.88. The Morgan fingerprint density at radius 3 is 2.67 bits per heavy atom. The van der Waals surface area contributed by atoms with E-state index in [0.29, 0.717) is 5.75 Å². The molecule has 3 rings (SSSR count). The van der Waals surface area contributed by atoms with E-state index in [4.69, 9.17) is 10.5 Å². The first-order valence-electron chi connectivity index (χ1n) is 7.09. The SMILES string of the molecule is COc1ccccc1S(=O)C1CCc2ccccc2C1N. The number of nitrogens with two attached hydrogens (primary N) is 1. The lowest BCUT2D eigenvalue weighted by molar-refractivity contribution is 0.403. The normalized spacial score (nSPS) is 22.4. The van der Waals surface area contributed by atoms with Crippen molar-refractivity contribution in [2.75, 3.05) is 7.11 Å². The van der Waals surface area contributed by atoms with Crippen LogP contribution in [-0.4, -0.2) is 16.6 Å². The summed E-state index contributed by atoms with van der Waals surface area (Å²) in [5.41, 5.74) is 8.78. The molecule has 1 aliphatic rings. The van der Waals surface area contributed by atoms with Gasteiger partial charge in [-0.05, 0) is 36.1 Å². The van der Waals surface area contributed by atoms with E-state index in [1.54, 1.807) is 7.11 Å². The van der Waals surface area contributed by atoms with Crippen molar-refractivity contribution in [2.24, 2.45) is 5.73 Å². The number of benzene rings is 2. The molecule has 0 aromatic heterocycles. The highest BCUT2D eigenvalue weighted by atomic mass is 32.2. The molecule has 0 saturated heterocycles. The van der Waals surface area contributed by atoms with Gasteiger partial charge in [0.2, 0.25) is 0 Å². The maximum Gasteiger partial charge on any atom is 0.134 e. The molecule has 4 heteroatoms. The lowest BCUT2D eigenvalue weighted by Crippen LogP contribution is -2.35. The summed E-state index contributed by atoms with van der Waals surface area (Å²) in [5.74, 6) is 0.668. The second-order valence-electron chi connectivity index (χ2n) is 5.25. The van der Waals surface area contributed by atoms with Gasteiger partial charge >= 0.3 is 0 Å². The van der Waals surface area contributed by atoms with Crippen molar-refractivity contribution >= 4 is 10.8 Å². The maximum atomic E-state index is 13.0. The van der Waals surface area contributed by atoms with Crippen molar-refractivity contribution in [3.8, 4) is 5.75 Å². The zero-order chi connectivity index (χ0) is 14.8. The quantitative estimate of drug-likeness (QED) is 0.948. The molecular weight excluding hydrogens is 282 g/mol. The van der Waals surface area contributed by atoms with E-state index in [1.165, 1.54) is 5.56 Å². The van der Waals surface area contributed by atoms with Crippen LogP contribution >= 0.6 is 0 Å². The smallest absolute Gasteiger partial charge is 0.134 e. The molecule has 0 heterocycles. The van der Waals surface area contributed by atoms with Gasteiger partial charge < -0.3 is 10.5 Å². The Bertz CT molecular complexity index is 671. The molecule has 3 nitrogen and oxygen atoms in total. The first-order chi connectivity index (χ1) is 10.2. The number of ether oxygens (including phenoxy) is 1. The predicted molar refractivity (Wildman–Crippen MR) is 84.9 cm³/mol. The third kappa shape index (κ3) is 2.61. The monoisotopic (exact) mass is 301 g/mol. The van der Waals surface area contributed by atoms with Gasteiger partial charge in [-0.1, -0.05) is 36.4 Å². The van der Waals surface area contributed by atoms with Crippen molar-refractivity contribution in [2.45, 2.75) is 29.0 Å². The van der Waals surface area contributed by atoms with Crippen LogP contribution in [0.25, 0.3) is 0 Å². The second kappa shape index (κ2) is 6.00. The minimum atomic E-state index is -1.17. The van der Waals surface area contributed by atoms with E-state index in [1.807, 2.05) is 42.5 Å². The molecule has 3 atom stereocenters. The van der Waals surface area contributed by atoms with Gasteiger partial charge in [0.05, 0.1) is 28.1 Å². The van der Waals surface area contributed by atoms with Crippen LogP contribution in [0, 0.1) is 0 Å². The van der Waals surface area contributed by atoms with E-state index in [-0.39, 0.29) is 11.3 Å². The van der Waals surface area contributed by atoms with Crippen molar-refractivity contribution in [1.82, 2.24) is 0 Å². The summed E-state index contributed by atoms with van der Waals surface area (Å²) in [7, 11) is 0.435. The third-order valence-electron chi connectivity index (χ3n) is 4.07. The Labute approximate surface area is 127 Å². The first kappa shape index (κ1) is 14.3. The molecule has 0 aliphatic heterocycles. The highest BCUT2D eigenvalue weighted by Crippen LogP contribution is 2.35. The Kier molecular flexibility index (Phi) is 4.08. The summed E-state index contributed by atoms with van der Waals surface area (Å²) in [6.45, 7) is 0. The van der Waals surface area contributed by atoms with E-state index in [2.05, 4.69) is 6.07 Å². The van der Waals surface area contributed by atoms with Crippen LogP contribution in [0.15, 0.2) is 53.4 Å². The number of hydrogen-bond acceptors (Lipinski definition) is 3. The van der Waals surface area contributed by atoms with E-state index in [0.717, 1.165) is 23.3 Å². The van der Waals surface area contributed by atoms with Crippen molar-refractivity contribution in [1.29, 1.82) is 0 Å². The lowest BCUT2D eigenvalue weighted by Gasteiger charge is -2.30. The molecule has 2 N–H and O–H groups in total. The zero-order valence-electron chi connectivity index (χ0n) is 12.0. The van der Waals surface area contributed by atoms with Crippen molar-refractivity contribution in [3.63, 3.8) is 0 Å². The van der Waals surface area contributed by atoms with E-state index < -0.39 is 10.8 Å². The molecule has 21 heavy (non-hydrogen) atoms. The number of methoxy groups -OCH3 is 1. The number of fused-ring (bicyclic) bond motifs is 1. The van der Waals surface area contributed by atoms with Gasteiger partial charge in [-0.15, -0.1) is 0 Å². The Balaban J connectivity index is 1.93. The van der Waals surface area contributed by atoms with Gasteiger partial charge in [-0.3, -0.25) is 4.21 Å². The van der Waals surface area contributed by atoms with E-state index >= 15 is 0 Å². The molecule has 3 unspecified atom stereocenters. The average Bonchev–Trinajstić information content (AvgIpc) is 2.55. The largest absolute Gasteiger partial charge is 0.495 e. The maximum absolute atomic E-state index is 13.0. The van der Waals surface area contributed by atoms with Crippen molar-refractivity contribution in [3.05, 3.63) is 59.7 Å². The zero-order valence-corrected chi connectivity index (χ0v) is 12.8. The fraction of sp³-hybridized carbons (Fsp3) is 0.294. The van der Waals surface area contributed by atoms with Crippen LogP contribution in [0.4, 0.5) is 0 Å². The standard InChI is InChI=1S/C17H19NO2S/c1-20-14-8-4-5-9-15(14)21(19)16-11-10-12-6-2-3-7-13(12)17(16)18/h2-9,16-17H,10-11,18H2,1H3. The summed E-state index contributed by atoms with van der Waals surface area (Å²) in [5, 5.41) is -0.0730. The Morgan fingerprint density at radius 2 is 1.86 bits per heavy atom. The number of aryl methyl sites for hydroxylation is 1. The fourth-order valence-electron chi connectivity index (χ4n) is 2.95. The van der Waals surface area contributed by atoms with Gasteiger partial charge in [-0.25, -0.2) is 0 Å². The molecule has 0 amide bonds. The molecule has 0 saturated carbocycles. The molecule has 0 radical (unpaired) electrons. The molecule has 110 valence electrons. The highest BCUT2D eigenvalue weighted by Gasteiger charge is 2.32. The average molecular weight is 301 g/mol. The third-order valence-corrected chi connectivity index (χ3v) is 5.92. The number of hydrogen-bond donors (Lipinski definition) is 1. The van der Waals surface area contributed by atoms with Crippen LogP contribution in [0.1, 0.15) is 23.6 Å². The summed E-state index contributed by atoms with van der Waals surface area (Å²) in [6.07, 6.45) is 1.76. The van der Waals surface area contributed by atoms with Gasteiger partial charge in [0.25, 0.3) is 0 Å². The van der Waals surface area contributed by atoms with Gasteiger partial charge in [0.15, 0.2) is 0 Å². The summed E-state index contributed by atoms with van der Waals surface area (Å²) < 4.78 is 18.3. The van der Waals surface area contributed by atoms with Crippen molar-refractivity contribution < 1.29 is 8.95 Å². The van der Waals surface area contributed by atoms with E-state index in [9.17, 15) is 4.21 Å². The molecule has 0 fully saturated rings. The minimum absolute atomic E-state index is 0.0730. The van der Waals surface area contributed by atoms with Gasteiger partial charge in [-0.2, -0.15) is 0 Å². The second-order valence-corrected chi connectivity index (χ2v) is 6.89. The number of rotatable bonds is 3. The molecule has 1 aliphatic carbocycles. The van der Waals surface area contributed by atoms with Crippen LogP contribution in [0.5, 0.6) is 5.75 Å². The fourth-order valence-corrected chi connectivity index (χ4v) is 4.59. The highest BCUT2D eigenvalue weighted by molar-refractivity contribution is 7.85. The molecule has 0 spiro atoms. The Hall–Kier alpha value is -1.65. The van der Waals surface area contributed by atoms with Crippen LogP contribution in [0.2, 0.25) is 0 Å². The van der Waals surface area contributed by atoms with Gasteiger partial charge in [0.1, 0.15) is 5.75 Å². The molecular formula is C17H19NO2S. The first-order valence-corrected chi connectivity index (χ1v) is 8.30. The summed E-state index contributed by atoms with van der Waals surface area (Å²) in [6, 6.07) is 15.5. The Morgan fingerprint density at radius 1 is 1.14 bits per heavy atom. The predicted octanol–water partition coefficient (Wildman–Crippen LogP) is 2.82. The van der Waals surface area contributed by atoms with Crippen LogP contribution in [-0.2, 0) is 17.2 Å². The molecule has 0 bridgehead atoms. The topological polar surface area (TPSA) is 52.3 Å². The molecule has 2 aromatic rings. The van der Waals surface area contributed by atoms with Crippen LogP contribution in [0.3, 0.4) is 0 Å². The molecule has 2 aromatic carbocycles. The summed E-state index contributed by atoms with van der Waals surface area (Å²) in [4.78, 5) is 0.736. The summed E-state index contributed by atoms with van der Waals surface area (Å²) >= 11 is 0.